The van der Waals surface area contributed by atoms with Gasteiger partial charge in [-0.15, -0.1) is 0 Å². The summed E-state index contributed by atoms with van der Waals surface area (Å²) in [6.45, 7) is 2.98. The maximum atomic E-state index is 15.2. The molecule has 3 aromatic carbocycles. The third-order valence-corrected chi connectivity index (χ3v) is 7.12. The average Bonchev–Trinajstić information content (AvgIpc) is 3.42. The SMILES string of the molecule is O=C1c2ccccc2C(=O)N1C[C@@H]1CN(c2ccc(N3CCN(c4ccccc4)CC3)c(F)c2)C(=O)O1. The smallest absolute Gasteiger partial charge is 0.414 e. The molecule has 3 aliphatic rings. The van der Waals surface area contributed by atoms with Crippen LogP contribution < -0.4 is 14.7 Å². The third kappa shape index (κ3) is 4.16. The number of piperazine rings is 1. The van der Waals surface area contributed by atoms with Crippen LogP contribution >= 0.6 is 0 Å². The second kappa shape index (κ2) is 9.24. The van der Waals surface area contributed by atoms with Crippen molar-refractivity contribution in [2.75, 3.05) is 54.0 Å². The highest BCUT2D eigenvalue weighted by molar-refractivity contribution is 6.21. The number of para-hydroxylation sites is 1. The summed E-state index contributed by atoms with van der Waals surface area (Å²) in [6, 6.07) is 21.5. The number of halogens is 1. The molecule has 3 heterocycles. The highest BCUT2D eigenvalue weighted by Crippen LogP contribution is 2.30. The molecule has 0 unspecified atom stereocenters. The quantitative estimate of drug-likeness (QED) is 0.497. The molecule has 37 heavy (non-hydrogen) atoms. The van der Waals surface area contributed by atoms with E-state index in [1.54, 1.807) is 36.4 Å². The van der Waals surface area contributed by atoms with Gasteiger partial charge in [-0.05, 0) is 42.5 Å². The molecule has 0 saturated carbocycles. The molecule has 6 rings (SSSR count). The zero-order valence-electron chi connectivity index (χ0n) is 20.0. The number of fused-ring (bicyclic) bond motifs is 1. The van der Waals surface area contributed by atoms with Crippen LogP contribution in [0.15, 0.2) is 72.8 Å². The minimum atomic E-state index is -0.705. The lowest BCUT2D eigenvalue weighted by Crippen LogP contribution is -2.46. The van der Waals surface area contributed by atoms with Crippen molar-refractivity contribution < 1.29 is 23.5 Å². The molecule has 3 aliphatic heterocycles. The predicted octanol–water partition coefficient (Wildman–Crippen LogP) is 3.77. The molecule has 0 spiro atoms. The van der Waals surface area contributed by atoms with E-state index in [0.29, 0.717) is 35.6 Å². The van der Waals surface area contributed by atoms with Gasteiger partial charge in [-0.25, -0.2) is 9.18 Å². The van der Waals surface area contributed by atoms with E-state index in [2.05, 4.69) is 17.0 Å². The fourth-order valence-electron chi connectivity index (χ4n) is 5.20. The van der Waals surface area contributed by atoms with Gasteiger partial charge in [-0.1, -0.05) is 30.3 Å². The van der Waals surface area contributed by atoms with Crippen LogP contribution in [0.25, 0.3) is 0 Å². The standard InChI is InChI=1S/C28H25FN4O4/c29-24-16-20(10-11-25(24)31-14-12-30(13-15-31)19-6-2-1-3-7-19)32-17-21(37-28(32)36)18-33-26(34)22-8-4-5-9-23(22)27(33)35/h1-11,16,21H,12-15,17-18H2/t21-/m0/s1. The molecule has 0 aromatic heterocycles. The Labute approximate surface area is 213 Å². The first kappa shape index (κ1) is 23.0. The molecule has 2 saturated heterocycles. The first-order valence-electron chi connectivity index (χ1n) is 12.3. The predicted molar refractivity (Wildman–Crippen MR) is 137 cm³/mol. The molecular weight excluding hydrogens is 475 g/mol. The summed E-state index contributed by atoms with van der Waals surface area (Å²) in [6.07, 6.45) is -1.34. The van der Waals surface area contributed by atoms with Crippen LogP contribution in [0.1, 0.15) is 20.7 Å². The summed E-state index contributed by atoms with van der Waals surface area (Å²) in [5, 5.41) is 0. The maximum Gasteiger partial charge on any atom is 0.414 e. The van der Waals surface area contributed by atoms with Gasteiger partial charge in [0.25, 0.3) is 11.8 Å². The normalized spacial score (nSPS) is 19.5. The number of carbonyl (C=O) groups excluding carboxylic acids is 3. The minimum Gasteiger partial charge on any atom is -0.442 e. The van der Waals surface area contributed by atoms with Crippen molar-refractivity contribution in [1.29, 1.82) is 0 Å². The van der Waals surface area contributed by atoms with Crippen LogP contribution in [-0.2, 0) is 4.74 Å². The fraction of sp³-hybridized carbons (Fsp3) is 0.250. The second-order valence-corrected chi connectivity index (χ2v) is 9.33. The van der Waals surface area contributed by atoms with E-state index in [-0.39, 0.29) is 13.1 Å². The average molecular weight is 501 g/mol. The lowest BCUT2D eigenvalue weighted by molar-refractivity contribution is 0.0558. The number of cyclic esters (lactones) is 1. The molecular formula is C28H25FN4O4. The zero-order valence-corrected chi connectivity index (χ0v) is 20.0. The summed E-state index contributed by atoms with van der Waals surface area (Å²) < 4.78 is 20.6. The van der Waals surface area contributed by atoms with Crippen molar-refractivity contribution in [3.63, 3.8) is 0 Å². The Hall–Kier alpha value is -4.40. The number of hydrogen-bond acceptors (Lipinski definition) is 6. The topological polar surface area (TPSA) is 73.4 Å². The number of benzene rings is 3. The number of amides is 3. The van der Waals surface area contributed by atoms with Crippen LogP contribution in [0.3, 0.4) is 0 Å². The van der Waals surface area contributed by atoms with Crippen molar-refractivity contribution >= 4 is 35.0 Å². The van der Waals surface area contributed by atoms with Gasteiger partial charge in [0.1, 0.15) is 11.9 Å². The molecule has 1 atom stereocenters. The molecule has 188 valence electrons. The first-order valence-corrected chi connectivity index (χ1v) is 12.3. The summed E-state index contributed by atoms with van der Waals surface area (Å²) >= 11 is 0. The summed E-state index contributed by atoms with van der Waals surface area (Å²) in [7, 11) is 0. The number of anilines is 3. The number of ether oxygens (including phenoxy) is 1. The Morgan fingerprint density at radius 1 is 0.757 bits per heavy atom. The van der Waals surface area contributed by atoms with E-state index < -0.39 is 29.8 Å². The molecule has 2 fully saturated rings. The summed E-state index contributed by atoms with van der Waals surface area (Å²) in [5.74, 6) is -1.22. The van der Waals surface area contributed by atoms with Gasteiger partial charge in [0.15, 0.2) is 0 Å². The highest BCUT2D eigenvalue weighted by atomic mass is 19.1. The summed E-state index contributed by atoms with van der Waals surface area (Å²) in [5.41, 5.74) is 2.71. The van der Waals surface area contributed by atoms with E-state index in [1.165, 1.54) is 11.0 Å². The Kier molecular flexibility index (Phi) is 5.75. The van der Waals surface area contributed by atoms with Crippen molar-refractivity contribution in [2.45, 2.75) is 6.10 Å². The maximum absolute atomic E-state index is 15.2. The van der Waals surface area contributed by atoms with Crippen molar-refractivity contribution in [3.8, 4) is 0 Å². The summed E-state index contributed by atoms with van der Waals surface area (Å²) in [4.78, 5) is 44.6. The van der Waals surface area contributed by atoms with Crippen molar-refractivity contribution in [3.05, 3.63) is 89.7 Å². The van der Waals surface area contributed by atoms with E-state index in [1.807, 2.05) is 23.1 Å². The van der Waals surface area contributed by atoms with E-state index in [0.717, 1.165) is 23.7 Å². The van der Waals surface area contributed by atoms with Crippen LogP contribution in [0.2, 0.25) is 0 Å². The van der Waals surface area contributed by atoms with Gasteiger partial charge in [-0.2, -0.15) is 0 Å². The number of imide groups is 1. The monoisotopic (exact) mass is 500 g/mol. The van der Waals surface area contributed by atoms with Crippen LogP contribution in [0.4, 0.5) is 26.2 Å². The molecule has 8 nitrogen and oxygen atoms in total. The molecule has 0 aliphatic carbocycles. The van der Waals surface area contributed by atoms with Gasteiger partial charge in [0.2, 0.25) is 0 Å². The van der Waals surface area contributed by atoms with Gasteiger partial charge in [0.05, 0.1) is 35.6 Å². The number of hydrogen-bond donors (Lipinski definition) is 0. The number of carbonyl (C=O) groups is 3. The molecule has 0 bridgehead atoms. The minimum absolute atomic E-state index is 0.0547. The Bertz CT molecular complexity index is 1340. The largest absolute Gasteiger partial charge is 0.442 e. The third-order valence-electron chi connectivity index (χ3n) is 7.12. The van der Waals surface area contributed by atoms with Crippen molar-refractivity contribution in [1.82, 2.24) is 4.90 Å². The van der Waals surface area contributed by atoms with Gasteiger partial charge in [-0.3, -0.25) is 19.4 Å². The molecule has 3 aromatic rings. The first-order chi connectivity index (χ1) is 18.0. The van der Waals surface area contributed by atoms with Crippen LogP contribution in [-0.4, -0.2) is 68.2 Å². The Balaban J connectivity index is 1.10. The lowest BCUT2D eigenvalue weighted by atomic mass is 10.1. The van der Waals surface area contributed by atoms with E-state index >= 15 is 4.39 Å². The van der Waals surface area contributed by atoms with E-state index in [9.17, 15) is 14.4 Å². The molecule has 3 amide bonds. The number of nitrogens with zero attached hydrogens (tertiary/aromatic N) is 4. The van der Waals surface area contributed by atoms with Crippen LogP contribution in [0.5, 0.6) is 0 Å². The number of rotatable bonds is 5. The lowest BCUT2D eigenvalue weighted by Gasteiger charge is -2.37. The second-order valence-electron chi connectivity index (χ2n) is 9.33. The van der Waals surface area contributed by atoms with Gasteiger partial charge < -0.3 is 14.5 Å². The molecule has 0 radical (unpaired) electrons. The Morgan fingerprint density at radius 2 is 1.38 bits per heavy atom. The fourth-order valence-corrected chi connectivity index (χ4v) is 5.20. The van der Waals surface area contributed by atoms with E-state index in [4.69, 9.17) is 4.74 Å². The van der Waals surface area contributed by atoms with Gasteiger partial charge in [0, 0.05) is 31.9 Å². The van der Waals surface area contributed by atoms with Crippen LogP contribution in [0, 0.1) is 5.82 Å². The molecule has 9 heteroatoms. The van der Waals surface area contributed by atoms with Gasteiger partial charge >= 0.3 is 6.09 Å². The molecule has 0 N–H and O–H groups in total. The zero-order chi connectivity index (χ0) is 25.5. The Morgan fingerprint density at radius 3 is 2.03 bits per heavy atom. The van der Waals surface area contributed by atoms with Crippen molar-refractivity contribution in [2.24, 2.45) is 0 Å². The highest BCUT2D eigenvalue weighted by Gasteiger charge is 2.40.